The Labute approximate surface area is 123 Å². The van der Waals surface area contributed by atoms with E-state index in [9.17, 15) is 4.79 Å². The number of carbonyl (C=O) groups is 1. The average molecular weight is 307 g/mol. The van der Waals surface area contributed by atoms with Crippen LogP contribution in [-0.4, -0.2) is 43.2 Å². The molecule has 0 spiro atoms. The molecule has 1 heterocycles. The SMILES string of the molecule is CSc1ccc(Cl)c(C(=O)N(C)C2CNC2)c1.Cl. The molecule has 2 rings (SSSR count). The largest absolute Gasteiger partial charge is 0.336 e. The summed E-state index contributed by atoms with van der Waals surface area (Å²) in [6, 6.07) is 5.86. The fourth-order valence-corrected chi connectivity index (χ4v) is 2.34. The summed E-state index contributed by atoms with van der Waals surface area (Å²) in [5, 5.41) is 3.67. The zero-order valence-electron chi connectivity index (χ0n) is 10.3. The van der Waals surface area contributed by atoms with Crippen LogP contribution in [0, 0.1) is 0 Å². The number of carbonyl (C=O) groups excluding carboxylic acids is 1. The number of amides is 1. The van der Waals surface area contributed by atoms with Crippen LogP contribution in [0.1, 0.15) is 10.4 Å². The van der Waals surface area contributed by atoms with Crippen LogP contribution in [-0.2, 0) is 0 Å². The molecule has 1 aromatic rings. The van der Waals surface area contributed by atoms with Gasteiger partial charge >= 0.3 is 0 Å². The molecule has 0 atom stereocenters. The molecule has 0 radical (unpaired) electrons. The maximum atomic E-state index is 12.3. The van der Waals surface area contributed by atoms with Crippen LogP contribution >= 0.6 is 35.8 Å². The van der Waals surface area contributed by atoms with Crippen molar-refractivity contribution in [3.05, 3.63) is 28.8 Å². The maximum absolute atomic E-state index is 12.3. The van der Waals surface area contributed by atoms with Crippen LogP contribution in [0.25, 0.3) is 0 Å². The van der Waals surface area contributed by atoms with Crippen molar-refractivity contribution in [2.75, 3.05) is 26.4 Å². The van der Waals surface area contributed by atoms with Crippen LogP contribution in [0.2, 0.25) is 5.02 Å². The van der Waals surface area contributed by atoms with Gasteiger partial charge in [-0.25, -0.2) is 0 Å². The highest BCUT2D eigenvalue weighted by Gasteiger charge is 2.27. The Morgan fingerprint density at radius 3 is 2.67 bits per heavy atom. The lowest BCUT2D eigenvalue weighted by atomic mass is 10.1. The first-order valence-electron chi connectivity index (χ1n) is 5.45. The quantitative estimate of drug-likeness (QED) is 0.871. The summed E-state index contributed by atoms with van der Waals surface area (Å²) in [6.45, 7) is 1.73. The fraction of sp³-hybridized carbons (Fsp3) is 0.417. The summed E-state index contributed by atoms with van der Waals surface area (Å²) < 4.78 is 0. The van der Waals surface area contributed by atoms with E-state index in [1.165, 1.54) is 0 Å². The summed E-state index contributed by atoms with van der Waals surface area (Å²) in [5.74, 6) is -0.00241. The first-order chi connectivity index (χ1) is 8.13. The molecule has 1 aliphatic heterocycles. The number of nitrogens with one attached hydrogen (secondary N) is 1. The summed E-state index contributed by atoms with van der Waals surface area (Å²) in [6.07, 6.45) is 1.98. The van der Waals surface area contributed by atoms with E-state index in [-0.39, 0.29) is 24.4 Å². The third-order valence-electron chi connectivity index (χ3n) is 3.03. The van der Waals surface area contributed by atoms with E-state index in [1.54, 1.807) is 22.7 Å². The first-order valence-corrected chi connectivity index (χ1v) is 7.05. The monoisotopic (exact) mass is 306 g/mol. The molecule has 3 nitrogen and oxygen atoms in total. The highest BCUT2D eigenvalue weighted by Crippen LogP contribution is 2.24. The van der Waals surface area contributed by atoms with E-state index in [1.807, 2.05) is 25.4 Å². The van der Waals surface area contributed by atoms with Crippen molar-refractivity contribution >= 4 is 41.7 Å². The van der Waals surface area contributed by atoms with Gasteiger partial charge < -0.3 is 10.2 Å². The number of rotatable bonds is 3. The molecule has 0 aromatic heterocycles. The number of hydrogen-bond acceptors (Lipinski definition) is 3. The third-order valence-corrected chi connectivity index (χ3v) is 4.09. The highest BCUT2D eigenvalue weighted by molar-refractivity contribution is 7.98. The normalized spacial score (nSPS) is 14.6. The van der Waals surface area contributed by atoms with Crippen molar-refractivity contribution in [2.45, 2.75) is 10.9 Å². The van der Waals surface area contributed by atoms with Gasteiger partial charge in [-0.05, 0) is 24.5 Å². The van der Waals surface area contributed by atoms with Crippen molar-refractivity contribution in [1.82, 2.24) is 10.2 Å². The molecular formula is C12H16Cl2N2OS. The summed E-state index contributed by atoms with van der Waals surface area (Å²) >= 11 is 7.69. The van der Waals surface area contributed by atoms with E-state index in [4.69, 9.17) is 11.6 Å². The Morgan fingerprint density at radius 2 is 2.17 bits per heavy atom. The highest BCUT2D eigenvalue weighted by atomic mass is 35.5. The van der Waals surface area contributed by atoms with Gasteiger partial charge in [-0.3, -0.25) is 4.79 Å². The molecule has 0 saturated carbocycles. The number of nitrogens with zero attached hydrogens (tertiary/aromatic N) is 1. The van der Waals surface area contributed by atoms with Crippen molar-refractivity contribution in [1.29, 1.82) is 0 Å². The van der Waals surface area contributed by atoms with Gasteiger partial charge in [0.2, 0.25) is 0 Å². The molecule has 6 heteroatoms. The second-order valence-electron chi connectivity index (χ2n) is 4.07. The van der Waals surface area contributed by atoms with Crippen LogP contribution < -0.4 is 5.32 Å². The minimum absolute atomic E-state index is 0. The molecule has 1 saturated heterocycles. The average Bonchev–Trinajstić information content (AvgIpc) is 2.26. The zero-order chi connectivity index (χ0) is 12.4. The van der Waals surface area contributed by atoms with Crippen LogP contribution in [0.3, 0.4) is 0 Å². The zero-order valence-corrected chi connectivity index (χ0v) is 12.7. The molecule has 0 aliphatic carbocycles. The van der Waals surface area contributed by atoms with Crippen molar-refractivity contribution in [2.24, 2.45) is 0 Å². The van der Waals surface area contributed by atoms with E-state index in [0.29, 0.717) is 10.6 Å². The second-order valence-corrected chi connectivity index (χ2v) is 5.36. The van der Waals surface area contributed by atoms with E-state index in [0.717, 1.165) is 18.0 Å². The van der Waals surface area contributed by atoms with Gasteiger partial charge in [-0.15, -0.1) is 24.2 Å². The molecule has 1 amide bonds. The molecule has 1 N–H and O–H groups in total. The van der Waals surface area contributed by atoms with E-state index in [2.05, 4.69) is 5.32 Å². The summed E-state index contributed by atoms with van der Waals surface area (Å²) in [5.41, 5.74) is 0.591. The maximum Gasteiger partial charge on any atom is 0.255 e. The summed E-state index contributed by atoms with van der Waals surface area (Å²) in [4.78, 5) is 15.1. The van der Waals surface area contributed by atoms with Crippen LogP contribution in [0.4, 0.5) is 0 Å². The number of halogens is 2. The van der Waals surface area contributed by atoms with Gasteiger partial charge in [0.05, 0.1) is 16.6 Å². The van der Waals surface area contributed by atoms with Crippen LogP contribution in [0.5, 0.6) is 0 Å². The van der Waals surface area contributed by atoms with E-state index < -0.39 is 0 Å². The third kappa shape index (κ3) is 3.12. The standard InChI is InChI=1S/C12H15ClN2OS.ClH/c1-15(8-6-14-7-8)12(16)10-5-9(17-2)3-4-11(10)13;/h3-5,8,14H,6-7H2,1-2H3;1H. The van der Waals surface area contributed by atoms with Gasteiger partial charge in [0.25, 0.3) is 5.91 Å². The van der Waals surface area contributed by atoms with Crippen LogP contribution in [0.15, 0.2) is 23.1 Å². The Hall–Kier alpha value is -0.420. The number of benzene rings is 1. The van der Waals surface area contributed by atoms with Crippen molar-refractivity contribution in [3.8, 4) is 0 Å². The molecule has 0 unspecified atom stereocenters. The van der Waals surface area contributed by atoms with Gasteiger partial charge in [0.1, 0.15) is 0 Å². The number of likely N-dealkylation sites (N-methyl/N-ethyl adjacent to an activating group) is 1. The number of hydrogen-bond donors (Lipinski definition) is 1. The van der Waals surface area contributed by atoms with Gasteiger partial charge in [-0.1, -0.05) is 11.6 Å². The Morgan fingerprint density at radius 1 is 1.50 bits per heavy atom. The fourth-order valence-electron chi connectivity index (χ4n) is 1.70. The van der Waals surface area contributed by atoms with Gasteiger partial charge in [0.15, 0.2) is 0 Å². The predicted octanol–water partition coefficient (Wildman–Crippen LogP) is 2.53. The molecule has 18 heavy (non-hydrogen) atoms. The molecule has 1 aliphatic rings. The second kappa shape index (κ2) is 6.66. The lowest BCUT2D eigenvalue weighted by molar-refractivity contribution is 0.0681. The summed E-state index contributed by atoms with van der Waals surface area (Å²) in [7, 11) is 1.83. The molecule has 1 aromatic carbocycles. The Bertz CT molecular complexity index is 438. The predicted molar refractivity (Wildman–Crippen MR) is 79.2 cm³/mol. The van der Waals surface area contributed by atoms with E-state index >= 15 is 0 Å². The Balaban J connectivity index is 0.00000162. The lowest BCUT2D eigenvalue weighted by Gasteiger charge is -2.35. The van der Waals surface area contributed by atoms with Crippen molar-refractivity contribution < 1.29 is 4.79 Å². The van der Waals surface area contributed by atoms with Gasteiger partial charge in [-0.2, -0.15) is 0 Å². The molecular weight excluding hydrogens is 291 g/mol. The molecule has 100 valence electrons. The Kier molecular flexibility index (Phi) is 5.79. The van der Waals surface area contributed by atoms with Gasteiger partial charge in [0, 0.05) is 25.0 Å². The van der Waals surface area contributed by atoms with Crippen molar-refractivity contribution in [3.63, 3.8) is 0 Å². The topological polar surface area (TPSA) is 32.3 Å². The molecule has 1 fully saturated rings. The minimum atomic E-state index is -0.00241. The lowest BCUT2D eigenvalue weighted by Crippen LogP contribution is -2.57. The minimum Gasteiger partial charge on any atom is -0.336 e. The number of thioether (sulfide) groups is 1. The smallest absolute Gasteiger partial charge is 0.255 e. The molecule has 0 bridgehead atoms. The first kappa shape index (κ1) is 15.6.